The standard InChI is InChI=1S/C12H19F2N5S.HI/c1-15-12(17-7-9-3-2-6-20-9)18-8-10-16-4-5-19(10)11(13)14;/h4-5,9,11H,2-3,6-8H2,1H3,(H2,15,17,18);1H. The molecule has 1 aliphatic heterocycles. The largest absolute Gasteiger partial charge is 0.355 e. The fraction of sp³-hybridized carbons (Fsp3) is 0.667. The third-order valence-electron chi connectivity index (χ3n) is 3.12. The van der Waals surface area contributed by atoms with E-state index >= 15 is 0 Å². The summed E-state index contributed by atoms with van der Waals surface area (Å²) in [4.78, 5) is 8.00. The highest BCUT2D eigenvalue weighted by atomic mass is 127. The Labute approximate surface area is 144 Å². The van der Waals surface area contributed by atoms with Crippen LogP contribution in [0.15, 0.2) is 17.4 Å². The molecular weight excluding hydrogens is 411 g/mol. The van der Waals surface area contributed by atoms with Gasteiger partial charge in [0.25, 0.3) is 0 Å². The number of hydrogen-bond acceptors (Lipinski definition) is 3. The predicted octanol–water partition coefficient (Wildman–Crippen LogP) is 2.46. The lowest BCUT2D eigenvalue weighted by atomic mass is 10.2. The van der Waals surface area contributed by atoms with E-state index in [0.717, 1.165) is 11.1 Å². The first-order valence-electron chi connectivity index (χ1n) is 6.56. The van der Waals surface area contributed by atoms with Gasteiger partial charge in [-0.2, -0.15) is 20.5 Å². The molecule has 0 bridgehead atoms. The van der Waals surface area contributed by atoms with Crippen LogP contribution in [0.1, 0.15) is 25.2 Å². The van der Waals surface area contributed by atoms with Crippen LogP contribution in [0.25, 0.3) is 0 Å². The van der Waals surface area contributed by atoms with Gasteiger partial charge in [0.1, 0.15) is 5.82 Å². The maximum Gasteiger partial charge on any atom is 0.319 e. The van der Waals surface area contributed by atoms with E-state index in [-0.39, 0.29) is 36.3 Å². The molecule has 120 valence electrons. The molecule has 1 aliphatic rings. The van der Waals surface area contributed by atoms with Crippen molar-refractivity contribution in [1.82, 2.24) is 20.2 Å². The minimum Gasteiger partial charge on any atom is -0.355 e. The lowest BCUT2D eigenvalue weighted by Crippen LogP contribution is -2.40. The van der Waals surface area contributed by atoms with E-state index in [9.17, 15) is 8.78 Å². The number of hydrogen-bond donors (Lipinski definition) is 2. The molecule has 0 aliphatic carbocycles. The Hall–Kier alpha value is -0.580. The Bertz CT molecular complexity index is 449. The zero-order chi connectivity index (χ0) is 14.4. The number of rotatable bonds is 5. The summed E-state index contributed by atoms with van der Waals surface area (Å²) in [7, 11) is 1.66. The first-order valence-corrected chi connectivity index (χ1v) is 7.61. The molecule has 1 fully saturated rings. The van der Waals surface area contributed by atoms with Crippen molar-refractivity contribution in [2.24, 2.45) is 4.99 Å². The zero-order valence-electron chi connectivity index (χ0n) is 11.8. The van der Waals surface area contributed by atoms with Crippen LogP contribution in [0.2, 0.25) is 0 Å². The Balaban J connectivity index is 0.00000220. The van der Waals surface area contributed by atoms with Crippen LogP contribution in [0.4, 0.5) is 8.78 Å². The third-order valence-corrected chi connectivity index (χ3v) is 4.52. The maximum absolute atomic E-state index is 12.7. The normalized spacial score (nSPS) is 18.7. The number of alkyl halides is 2. The third kappa shape index (κ3) is 5.61. The van der Waals surface area contributed by atoms with Gasteiger partial charge in [0, 0.05) is 31.2 Å². The molecule has 2 rings (SSSR count). The topological polar surface area (TPSA) is 54.2 Å². The molecule has 5 nitrogen and oxygen atoms in total. The summed E-state index contributed by atoms with van der Waals surface area (Å²) < 4.78 is 26.2. The quantitative estimate of drug-likeness (QED) is 0.428. The summed E-state index contributed by atoms with van der Waals surface area (Å²) in [5, 5.41) is 6.83. The van der Waals surface area contributed by atoms with Gasteiger partial charge in [0.2, 0.25) is 0 Å². The second-order valence-electron chi connectivity index (χ2n) is 4.47. The van der Waals surface area contributed by atoms with Crippen LogP contribution in [-0.2, 0) is 6.54 Å². The van der Waals surface area contributed by atoms with E-state index in [0.29, 0.717) is 11.2 Å². The minimum atomic E-state index is -2.57. The Morgan fingerprint density at radius 1 is 1.57 bits per heavy atom. The Morgan fingerprint density at radius 2 is 2.38 bits per heavy atom. The molecule has 2 N–H and O–H groups in total. The van der Waals surface area contributed by atoms with Crippen molar-refractivity contribution in [3.63, 3.8) is 0 Å². The van der Waals surface area contributed by atoms with Gasteiger partial charge in [-0.3, -0.25) is 9.56 Å². The summed E-state index contributed by atoms with van der Waals surface area (Å²) in [6.45, 7) is -1.51. The molecule has 0 saturated carbocycles. The first-order chi connectivity index (χ1) is 9.70. The molecule has 0 spiro atoms. The fourth-order valence-electron chi connectivity index (χ4n) is 2.06. The summed E-state index contributed by atoms with van der Waals surface area (Å²) in [6, 6.07) is 0. The number of aromatic nitrogens is 2. The van der Waals surface area contributed by atoms with Gasteiger partial charge in [-0.15, -0.1) is 24.0 Å². The van der Waals surface area contributed by atoms with Gasteiger partial charge in [-0.1, -0.05) is 0 Å². The van der Waals surface area contributed by atoms with E-state index in [4.69, 9.17) is 0 Å². The molecule has 1 saturated heterocycles. The highest BCUT2D eigenvalue weighted by Crippen LogP contribution is 2.25. The molecule has 1 aromatic heterocycles. The average Bonchev–Trinajstić information content (AvgIpc) is 3.09. The second-order valence-corrected chi connectivity index (χ2v) is 5.88. The first kappa shape index (κ1) is 18.5. The van der Waals surface area contributed by atoms with Crippen LogP contribution in [-0.4, -0.2) is 40.1 Å². The highest BCUT2D eigenvalue weighted by Gasteiger charge is 2.16. The number of thioether (sulfide) groups is 1. The number of nitrogens with one attached hydrogen (secondary N) is 2. The average molecular weight is 431 g/mol. The van der Waals surface area contributed by atoms with Crippen molar-refractivity contribution in [3.05, 3.63) is 18.2 Å². The number of halogens is 3. The number of guanidine groups is 1. The number of aliphatic imine (C=N–C) groups is 1. The van der Waals surface area contributed by atoms with Gasteiger partial charge >= 0.3 is 6.55 Å². The Morgan fingerprint density at radius 3 is 3.00 bits per heavy atom. The van der Waals surface area contributed by atoms with Crippen molar-refractivity contribution < 1.29 is 8.78 Å². The SMILES string of the molecule is CN=C(NCc1nccn1C(F)F)NCC1CCCS1.I. The van der Waals surface area contributed by atoms with Crippen LogP contribution >= 0.6 is 35.7 Å². The molecule has 1 atom stereocenters. The van der Waals surface area contributed by atoms with Crippen LogP contribution in [0.3, 0.4) is 0 Å². The van der Waals surface area contributed by atoms with E-state index in [2.05, 4.69) is 20.6 Å². The molecule has 21 heavy (non-hydrogen) atoms. The van der Waals surface area contributed by atoms with Crippen molar-refractivity contribution in [3.8, 4) is 0 Å². The fourth-order valence-corrected chi connectivity index (χ4v) is 3.26. The minimum absolute atomic E-state index is 0. The maximum atomic E-state index is 12.7. The van der Waals surface area contributed by atoms with Crippen molar-refractivity contribution in [2.45, 2.75) is 31.2 Å². The van der Waals surface area contributed by atoms with Gasteiger partial charge < -0.3 is 10.6 Å². The number of imidazole rings is 1. The molecule has 2 heterocycles. The van der Waals surface area contributed by atoms with E-state index < -0.39 is 6.55 Å². The lowest BCUT2D eigenvalue weighted by molar-refractivity contribution is 0.0668. The van der Waals surface area contributed by atoms with Crippen LogP contribution in [0, 0.1) is 0 Å². The second kappa shape index (κ2) is 9.44. The van der Waals surface area contributed by atoms with Crippen molar-refractivity contribution in [1.29, 1.82) is 0 Å². The predicted molar refractivity (Wildman–Crippen MR) is 92.6 cm³/mol. The summed E-state index contributed by atoms with van der Waals surface area (Å²) >= 11 is 1.96. The molecule has 0 aromatic carbocycles. The van der Waals surface area contributed by atoms with Gasteiger partial charge in [-0.25, -0.2) is 4.98 Å². The van der Waals surface area contributed by atoms with Crippen LogP contribution in [0.5, 0.6) is 0 Å². The number of nitrogens with zero attached hydrogens (tertiary/aromatic N) is 3. The summed E-state index contributed by atoms with van der Waals surface area (Å²) in [5.41, 5.74) is 0. The molecule has 0 radical (unpaired) electrons. The van der Waals surface area contributed by atoms with Gasteiger partial charge in [-0.05, 0) is 18.6 Å². The van der Waals surface area contributed by atoms with E-state index in [1.807, 2.05) is 11.8 Å². The lowest BCUT2D eigenvalue weighted by Gasteiger charge is -2.15. The van der Waals surface area contributed by atoms with Crippen molar-refractivity contribution in [2.75, 3.05) is 19.3 Å². The molecular formula is C12H20F2IN5S. The Kier molecular flexibility index (Phi) is 8.30. The van der Waals surface area contributed by atoms with Gasteiger partial charge in [0.15, 0.2) is 5.96 Å². The highest BCUT2D eigenvalue weighted by molar-refractivity contribution is 14.0. The molecule has 1 aromatic rings. The summed E-state index contributed by atoms with van der Waals surface area (Å²) in [6.07, 6.45) is 5.11. The molecule has 1 unspecified atom stereocenters. The zero-order valence-corrected chi connectivity index (χ0v) is 14.9. The van der Waals surface area contributed by atoms with Crippen molar-refractivity contribution >= 4 is 41.7 Å². The summed E-state index contributed by atoms with van der Waals surface area (Å²) in [5.74, 6) is 2.11. The van der Waals surface area contributed by atoms with E-state index in [1.165, 1.54) is 31.0 Å². The van der Waals surface area contributed by atoms with E-state index in [1.54, 1.807) is 7.05 Å². The molecule has 9 heteroatoms. The smallest absolute Gasteiger partial charge is 0.319 e. The monoisotopic (exact) mass is 431 g/mol. The van der Waals surface area contributed by atoms with Gasteiger partial charge in [0.05, 0.1) is 6.54 Å². The molecule has 0 amide bonds. The van der Waals surface area contributed by atoms with Crippen LogP contribution < -0.4 is 10.6 Å².